The number of carboxylic acid groups (broad SMARTS) is 1. The minimum absolute atomic E-state index is 0.0495. The highest BCUT2D eigenvalue weighted by Crippen LogP contribution is 2.27. The monoisotopic (exact) mass is 309 g/mol. The average Bonchev–Trinajstić information content (AvgIpc) is 2.41. The molecule has 2 aromatic rings. The van der Waals surface area contributed by atoms with Gasteiger partial charge in [-0.1, -0.05) is 41.4 Å². The molecule has 0 bridgehead atoms. The molecule has 0 aliphatic carbocycles. The predicted molar refractivity (Wildman–Crippen MR) is 81.9 cm³/mol. The molecule has 0 radical (unpaired) electrons. The molecule has 0 fully saturated rings. The second kappa shape index (κ2) is 6.16. The molecule has 1 atom stereocenters. The van der Waals surface area contributed by atoms with E-state index < -0.39 is 5.97 Å². The summed E-state index contributed by atoms with van der Waals surface area (Å²) >= 11 is 12.0. The van der Waals surface area contributed by atoms with Gasteiger partial charge in [-0.15, -0.1) is 0 Å². The van der Waals surface area contributed by atoms with Crippen molar-refractivity contribution in [1.82, 2.24) is 0 Å². The maximum Gasteiger partial charge on any atom is 0.337 e. The van der Waals surface area contributed by atoms with Crippen LogP contribution in [0.25, 0.3) is 0 Å². The fourth-order valence-electron chi connectivity index (χ4n) is 1.93. The van der Waals surface area contributed by atoms with Gasteiger partial charge in [0.1, 0.15) is 0 Å². The number of hydrogen-bond donors (Lipinski definition) is 2. The minimum Gasteiger partial charge on any atom is -0.478 e. The van der Waals surface area contributed by atoms with Crippen molar-refractivity contribution < 1.29 is 9.90 Å². The molecule has 0 heterocycles. The maximum absolute atomic E-state index is 11.1. The molecular formula is C15H13Cl2NO2. The van der Waals surface area contributed by atoms with E-state index in [0.717, 1.165) is 5.56 Å². The molecule has 0 spiro atoms. The van der Waals surface area contributed by atoms with Gasteiger partial charge in [0.2, 0.25) is 0 Å². The molecule has 2 N–H and O–H groups in total. The summed E-state index contributed by atoms with van der Waals surface area (Å²) in [5.41, 5.74) is 1.70. The first kappa shape index (κ1) is 14.7. The van der Waals surface area contributed by atoms with Gasteiger partial charge in [-0.05, 0) is 36.8 Å². The van der Waals surface area contributed by atoms with E-state index in [1.807, 2.05) is 31.2 Å². The zero-order valence-corrected chi connectivity index (χ0v) is 12.2. The third kappa shape index (κ3) is 3.24. The van der Waals surface area contributed by atoms with Crippen molar-refractivity contribution in [2.24, 2.45) is 0 Å². The topological polar surface area (TPSA) is 49.3 Å². The molecule has 2 aromatic carbocycles. The van der Waals surface area contributed by atoms with Gasteiger partial charge in [-0.2, -0.15) is 0 Å². The molecule has 2 rings (SSSR count). The number of anilines is 1. The number of carboxylic acids is 1. The third-order valence-electron chi connectivity index (χ3n) is 2.95. The summed E-state index contributed by atoms with van der Waals surface area (Å²) < 4.78 is 0. The Hall–Kier alpha value is -1.71. The van der Waals surface area contributed by atoms with Crippen LogP contribution in [0, 0.1) is 0 Å². The average molecular weight is 310 g/mol. The van der Waals surface area contributed by atoms with Crippen LogP contribution >= 0.6 is 23.2 Å². The second-order valence-electron chi connectivity index (χ2n) is 4.39. The lowest BCUT2D eigenvalue weighted by Crippen LogP contribution is -2.08. The van der Waals surface area contributed by atoms with Gasteiger partial charge in [0.25, 0.3) is 0 Å². The number of hydrogen-bond acceptors (Lipinski definition) is 2. The molecule has 0 saturated heterocycles. The molecule has 20 heavy (non-hydrogen) atoms. The van der Waals surface area contributed by atoms with Gasteiger partial charge in [-0.25, -0.2) is 4.79 Å². The lowest BCUT2D eigenvalue weighted by Gasteiger charge is -2.17. The molecule has 104 valence electrons. The molecule has 5 heteroatoms. The van der Waals surface area contributed by atoms with Crippen LogP contribution in [0.3, 0.4) is 0 Å². The minimum atomic E-state index is -1.05. The Kier molecular flexibility index (Phi) is 4.53. The number of halogens is 2. The van der Waals surface area contributed by atoms with Crippen LogP contribution in [-0.2, 0) is 0 Å². The summed E-state index contributed by atoms with van der Waals surface area (Å²) in [6.45, 7) is 1.95. The van der Waals surface area contributed by atoms with Gasteiger partial charge in [-0.3, -0.25) is 0 Å². The van der Waals surface area contributed by atoms with Crippen LogP contribution in [0.4, 0.5) is 5.69 Å². The normalized spacial score (nSPS) is 11.9. The largest absolute Gasteiger partial charge is 0.478 e. The van der Waals surface area contributed by atoms with Crippen LogP contribution in [0.2, 0.25) is 10.0 Å². The van der Waals surface area contributed by atoms with E-state index in [2.05, 4.69) is 5.32 Å². The van der Waals surface area contributed by atoms with Crippen molar-refractivity contribution in [1.29, 1.82) is 0 Å². The van der Waals surface area contributed by atoms with Gasteiger partial charge in [0.05, 0.1) is 10.6 Å². The summed E-state index contributed by atoms with van der Waals surface area (Å²) in [5.74, 6) is -1.05. The number of rotatable bonds is 4. The Balaban J connectivity index is 2.24. The molecule has 0 aliphatic rings. The number of carbonyl (C=O) groups is 1. The number of nitrogens with one attached hydrogen (secondary N) is 1. The van der Waals surface area contributed by atoms with Crippen molar-refractivity contribution in [2.75, 3.05) is 5.32 Å². The predicted octanol–water partition coefficient (Wildman–Crippen LogP) is 4.86. The fourth-order valence-corrected chi connectivity index (χ4v) is 2.43. The van der Waals surface area contributed by atoms with E-state index in [4.69, 9.17) is 28.3 Å². The van der Waals surface area contributed by atoms with E-state index in [1.54, 1.807) is 12.1 Å². The van der Waals surface area contributed by atoms with Crippen molar-refractivity contribution >= 4 is 34.9 Å². The first-order valence-corrected chi connectivity index (χ1v) is 6.78. The summed E-state index contributed by atoms with van der Waals surface area (Å²) in [7, 11) is 0. The SMILES string of the molecule is CC(Nc1ccc(Cl)c(C(=O)O)c1)c1ccccc1Cl. The maximum atomic E-state index is 11.1. The quantitative estimate of drug-likeness (QED) is 0.847. The highest BCUT2D eigenvalue weighted by molar-refractivity contribution is 6.33. The summed E-state index contributed by atoms with van der Waals surface area (Å²) in [5, 5.41) is 13.1. The van der Waals surface area contributed by atoms with E-state index in [0.29, 0.717) is 10.7 Å². The molecule has 0 saturated carbocycles. The van der Waals surface area contributed by atoms with E-state index in [-0.39, 0.29) is 16.6 Å². The Morgan fingerprint density at radius 2 is 1.85 bits per heavy atom. The molecule has 0 aliphatic heterocycles. The zero-order chi connectivity index (χ0) is 14.7. The van der Waals surface area contributed by atoms with Gasteiger partial charge < -0.3 is 10.4 Å². The van der Waals surface area contributed by atoms with Crippen molar-refractivity contribution in [3.05, 3.63) is 63.6 Å². The molecule has 3 nitrogen and oxygen atoms in total. The Labute approximate surface area is 127 Å². The standard InChI is InChI=1S/C15H13Cl2NO2/c1-9(11-4-2-3-5-13(11)16)18-10-6-7-14(17)12(8-10)15(19)20/h2-9,18H,1H3,(H,19,20). The van der Waals surface area contributed by atoms with Crippen LogP contribution in [0.1, 0.15) is 28.9 Å². The third-order valence-corrected chi connectivity index (χ3v) is 3.63. The highest BCUT2D eigenvalue weighted by Gasteiger charge is 2.12. The van der Waals surface area contributed by atoms with Crippen molar-refractivity contribution in [3.63, 3.8) is 0 Å². The summed E-state index contributed by atoms with van der Waals surface area (Å²) in [6.07, 6.45) is 0. The second-order valence-corrected chi connectivity index (χ2v) is 5.20. The summed E-state index contributed by atoms with van der Waals surface area (Å²) in [6, 6.07) is 12.3. The molecule has 0 aromatic heterocycles. The van der Waals surface area contributed by atoms with Gasteiger partial charge in [0.15, 0.2) is 0 Å². The van der Waals surface area contributed by atoms with Gasteiger partial charge in [0, 0.05) is 16.8 Å². The van der Waals surface area contributed by atoms with Crippen LogP contribution < -0.4 is 5.32 Å². The van der Waals surface area contributed by atoms with E-state index >= 15 is 0 Å². The van der Waals surface area contributed by atoms with Crippen LogP contribution in [0.5, 0.6) is 0 Å². The first-order valence-electron chi connectivity index (χ1n) is 6.03. The number of benzene rings is 2. The Morgan fingerprint density at radius 1 is 1.15 bits per heavy atom. The summed E-state index contributed by atoms with van der Waals surface area (Å²) in [4.78, 5) is 11.1. The fraction of sp³-hybridized carbons (Fsp3) is 0.133. The lowest BCUT2D eigenvalue weighted by atomic mass is 10.1. The molecular weight excluding hydrogens is 297 g/mol. The Morgan fingerprint density at radius 3 is 2.50 bits per heavy atom. The first-order chi connectivity index (χ1) is 9.49. The smallest absolute Gasteiger partial charge is 0.337 e. The zero-order valence-electron chi connectivity index (χ0n) is 10.7. The molecule has 0 amide bonds. The van der Waals surface area contributed by atoms with Crippen LogP contribution in [-0.4, -0.2) is 11.1 Å². The molecule has 1 unspecified atom stereocenters. The number of aromatic carboxylic acids is 1. The van der Waals surface area contributed by atoms with Crippen LogP contribution in [0.15, 0.2) is 42.5 Å². The van der Waals surface area contributed by atoms with Crippen molar-refractivity contribution in [2.45, 2.75) is 13.0 Å². The van der Waals surface area contributed by atoms with E-state index in [1.165, 1.54) is 6.07 Å². The van der Waals surface area contributed by atoms with E-state index in [9.17, 15) is 4.79 Å². The van der Waals surface area contributed by atoms with Crippen molar-refractivity contribution in [3.8, 4) is 0 Å². The lowest BCUT2D eigenvalue weighted by molar-refractivity contribution is 0.0697. The van der Waals surface area contributed by atoms with Gasteiger partial charge >= 0.3 is 5.97 Å². The highest BCUT2D eigenvalue weighted by atomic mass is 35.5. The Bertz CT molecular complexity index is 644.